The average Bonchev–Trinajstić information content (AvgIpc) is 3.44. The highest BCUT2D eigenvalue weighted by Gasteiger charge is 2.17. The van der Waals surface area contributed by atoms with E-state index in [2.05, 4.69) is 32.0 Å². The largest absolute Gasteiger partial charge is 0.462 e. The number of furan rings is 1. The van der Waals surface area contributed by atoms with Gasteiger partial charge in [-0.05, 0) is 24.6 Å². The van der Waals surface area contributed by atoms with Crippen molar-refractivity contribution < 1.29 is 9.21 Å². The monoisotopic (exact) mass is 392 g/mol. The van der Waals surface area contributed by atoms with Crippen molar-refractivity contribution in [2.24, 2.45) is 0 Å². The highest BCUT2D eigenvalue weighted by Crippen LogP contribution is 2.27. The van der Waals surface area contributed by atoms with Gasteiger partial charge < -0.3 is 14.3 Å². The first-order valence-electron chi connectivity index (χ1n) is 9.04. The molecule has 1 amide bonds. The Morgan fingerprint density at radius 1 is 1.21 bits per heavy atom. The molecular formula is C21H20N4O2S. The van der Waals surface area contributed by atoms with Gasteiger partial charge in [-0.1, -0.05) is 30.3 Å². The normalized spacial score (nSPS) is 10.9. The van der Waals surface area contributed by atoms with Crippen LogP contribution >= 0.6 is 11.3 Å². The SMILES string of the molecule is Cc1sc(-c2ccco2)nc1C(=O)NCCc1nccn1Cc1ccccc1. The third-order valence-corrected chi connectivity index (χ3v) is 5.36. The number of nitrogens with one attached hydrogen (secondary N) is 1. The predicted octanol–water partition coefficient (Wildman–Crippen LogP) is 3.93. The van der Waals surface area contributed by atoms with Gasteiger partial charge in [-0.25, -0.2) is 9.97 Å². The third kappa shape index (κ3) is 4.04. The summed E-state index contributed by atoms with van der Waals surface area (Å²) < 4.78 is 7.47. The first-order valence-corrected chi connectivity index (χ1v) is 9.86. The van der Waals surface area contributed by atoms with Crippen LogP contribution in [0.3, 0.4) is 0 Å². The third-order valence-electron chi connectivity index (χ3n) is 4.38. The number of nitrogens with zero attached hydrogens (tertiary/aromatic N) is 3. The molecule has 0 unspecified atom stereocenters. The Balaban J connectivity index is 1.36. The number of amides is 1. The van der Waals surface area contributed by atoms with Gasteiger partial charge in [0, 0.05) is 36.8 Å². The second-order valence-electron chi connectivity index (χ2n) is 6.36. The Labute approximate surface area is 166 Å². The molecule has 0 atom stereocenters. The number of thiazole rings is 1. The number of rotatable bonds is 7. The number of carbonyl (C=O) groups excluding carboxylic acids is 1. The Bertz CT molecular complexity index is 1050. The Hall–Kier alpha value is -3.19. The zero-order chi connectivity index (χ0) is 19.3. The molecular weight excluding hydrogens is 372 g/mol. The lowest BCUT2D eigenvalue weighted by atomic mass is 10.2. The van der Waals surface area contributed by atoms with E-state index in [1.807, 2.05) is 43.5 Å². The van der Waals surface area contributed by atoms with Gasteiger partial charge in [0.2, 0.25) is 0 Å². The summed E-state index contributed by atoms with van der Waals surface area (Å²) in [6, 6.07) is 13.9. The fraction of sp³-hybridized carbons (Fsp3) is 0.190. The summed E-state index contributed by atoms with van der Waals surface area (Å²) in [7, 11) is 0. The molecule has 0 radical (unpaired) electrons. The molecule has 3 heterocycles. The van der Waals surface area contributed by atoms with E-state index in [0.717, 1.165) is 17.2 Å². The molecule has 0 aliphatic carbocycles. The number of hydrogen-bond acceptors (Lipinski definition) is 5. The van der Waals surface area contributed by atoms with Crippen molar-refractivity contribution in [1.82, 2.24) is 19.9 Å². The number of aryl methyl sites for hydroxylation is 1. The lowest BCUT2D eigenvalue weighted by molar-refractivity contribution is 0.0949. The van der Waals surface area contributed by atoms with Crippen LogP contribution in [0.5, 0.6) is 0 Å². The second kappa shape index (κ2) is 8.22. The maximum atomic E-state index is 12.5. The minimum Gasteiger partial charge on any atom is -0.462 e. The Morgan fingerprint density at radius 3 is 2.86 bits per heavy atom. The number of imidazole rings is 1. The van der Waals surface area contributed by atoms with Gasteiger partial charge in [0.15, 0.2) is 10.8 Å². The highest BCUT2D eigenvalue weighted by molar-refractivity contribution is 7.15. The molecule has 0 bridgehead atoms. The molecule has 0 spiro atoms. The van der Waals surface area contributed by atoms with Crippen LogP contribution in [0.2, 0.25) is 0 Å². The van der Waals surface area contributed by atoms with Gasteiger partial charge in [0.05, 0.1) is 6.26 Å². The lowest BCUT2D eigenvalue weighted by Crippen LogP contribution is -2.27. The average molecular weight is 392 g/mol. The summed E-state index contributed by atoms with van der Waals surface area (Å²) in [5, 5.41) is 3.66. The minimum atomic E-state index is -0.173. The van der Waals surface area contributed by atoms with Crippen molar-refractivity contribution in [1.29, 1.82) is 0 Å². The summed E-state index contributed by atoms with van der Waals surface area (Å²) >= 11 is 1.45. The van der Waals surface area contributed by atoms with Crippen LogP contribution in [0.4, 0.5) is 0 Å². The van der Waals surface area contributed by atoms with E-state index in [0.29, 0.717) is 29.4 Å². The van der Waals surface area contributed by atoms with Gasteiger partial charge in [0.25, 0.3) is 5.91 Å². The van der Waals surface area contributed by atoms with E-state index in [1.54, 1.807) is 12.5 Å². The molecule has 4 aromatic rings. The smallest absolute Gasteiger partial charge is 0.271 e. The van der Waals surface area contributed by atoms with E-state index in [9.17, 15) is 4.79 Å². The van der Waals surface area contributed by atoms with Crippen molar-refractivity contribution in [3.05, 3.63) is 83.1 Å². The lowest BCUT2D eigenvalue weighted by Gasteiger charge is -2.08. The molecule has 1 aromatic carbocycles. The first-order chi connectivity index (χ1) is 13.7. The number of hydrogen-bond donors (Lipinski definition) is 1. The molecule has 6 nitrogen and oxygen atoms in total. The van der Waals surface area contributed by atoms with Gasteiger partial charge in [-0.3, -0.25) is 4.79 Å². The van der Waals surface area contributed by atoms with Crippen molar-refractivity contribution in [2.75, 3.05) is 6.54 Å². The summed E-state index contributed by atoms with van der Waals surface area (Å²) in [5.74, 6) is 1.44. The van der Waals surface area contributed by atoms with E-state index in [1.165, 1.54) is 16.9 Å². The maximum absolute atomic E-state index is 12.5. The van der Waals surface area contributed by atoms with Crippen LogP contribution in [0.1, 0.15) is 26.8 Å². The van der Waals surface area contributed by atoms with Crippen LogP contribution in [0.25, 0.3) is 10.8 Å². The Morgan fingerprint density at radius 2 is 2.07 bits per heavy atom. The molecule has 0 saturated heterocycles. The van der Waals surface area contributed by atoms with Crippen LogP contribution in [0.15, 0.2) is 65.5 Å². The van der Waals surface area contributed by atoms with Crippen LogP contribution in [0, 0.1) is 6.92 Å². The maximum Gasteiger partial charge on any atom is 0.271 e. The van der Waals surface area contributed by atoms with E-state index < -0.39 is 0 Å². The zero-order valence-corrected chi connectivity index (χ0v) is 16.3. The topological polar surface area (TPSA) is 73.0 Å². The standard InChI is InChI=1S/C21H20N4O2S/c1-15-19(24-21(28-15)17-8-5-13-27-17)20(26)23-10-9-18-22-11-12-25(18)14-16-6-3-2-4-7-16/h2-8,11-13H,9-10,14H2,1H3,(H,23,26). The van der Waals surface area contributed by atoms with Gasteiger partial charge in [-0.2, -0.15) is 0 Å². The molecule has 0 aliphatic heterocycles. The van der Waals surface area contributed by atoms with E-state index in [-0.39, 0.29) is 5.91 Å². The van der Waals surface area contributed by atoms with Crippen LogP contribution < -0.4 is 5.32 Å². The fourth-order valence-corrected chi connectivity index (χ4v) is 3.86. The molecule has 1 N–H and O–H groups in total. The molecule has 3 aromatic heterocycles. The van der Waals surface area contributed by atoms with E-state index >= 15 is 0 Å². The van der Waals surface area contributed by atoms with Crippen molar-refractivity contribution in [2.45, 2.75) is 19.9 Å². The second-order valence-corrected chi connectivity index (χ2v) is 7.57. The summed E-state index contributed by atoms with van der Waals surface area (Å²) in [6.45, 7) is 3.16. The van der Waals surface area contributed by atoms with Crippen molar-refractivity contribution in [3.8, 4) is 10.8 Å². The molecule has 7 heteroatoms. The molecule has 28 heavy (non-hydrogen) atoms. The summed E-state index contributed by atoms with van der Waals surface area (Å²) in [6.07, 6.45) is 6.01. The van der Waals surface area contributed by atoms with Crippen LogP contribution in [-0.2, 0) is 13.0 Å². The quantitative estimate of drug-likeness (QED) is 0.517. The summed E-state index contributed by atoms with van der Waals surface area (Å²) in [5.41, 5.74) is 1.67. The number of aromatic nitrogens is 3. The fourth-order valence-electron chi connectivity index (χ4n) is 2.98. The molecule has 0 aliphatic rings. The van der Waals surface area contributed by atoms with Crippen LogP contribution in [-0.4, -0.2) is 27.0 Å². The number of carbonyl (C=O) groups is 1. The highest BCUT2D eigenvalue weighted by atomic mass is 32.1. The molecule has 0 fully saturated rings. The molecule has 4 rings (SSSR count). The first kappa shape index (κ1) is 18.2. The number of benzene rings is 1. The molecule has 142 valence electrons. The summed E-state index contributed by atoms with van der Waals surface area (Å²) in [4.78, 5) is 22.3. The van der Waals surface area contributed by atoms with Gasteiger partial charge in [-0.15, -0.1) is 11.3 Å². The Kier molecular flexibility index (Phi) is 5.34. The zero-order valence-electron chi connectivity index (χ0n) is 15.5. The van der Waals surface area contributed by atoms with Gasteiger partial charge in [0.1, 0.15) is 11.5 Å². The minimum absolute atomic E-state index is 0.173. The van der Waals surface area contributed by atoms with Crippen molar-refractivity contribution in [3.63, 3.8) is 0 Å². The molecule has 0 saturated carbocycles. The van der Waals surface area contributed by atoms with E-state index in [4.69, 9.17) is 4.42 Å². The van der Waals surface area contributed by atoms with Gasteiger partial charge >= 0.3 is 0 Å². The predicted molar refractivity (Wildman–Crippen MR) is 108 cm³/mol. The van der Waals surface area contributed by atoms with Crippen molar-refractivity contribution >= 4 is 17.2 Å².